The van der Waals surface area contributed by atoms with Gasteiger partial charge in [-0.15, -0.1) is 0 Å². The summed E-state index contributed by atoms with van der Waals surface area (Å²) in [5, 5.41) is 4.35. The molecule has 26 heavy (non-hydrogen) atoms. The van der Waals surface area contributed by atoms with Crippen molar-refractivity contribution in [1.82, 2.24) is 9.78 Å². The number of ether oxygens (including phenoxy) is 1. The lowest BCUT2D eigenvalue weighted by atomic mass is 10.1. The van der Waals surface area contributed by atoms with E-state index in [4.69, 9.17) is 4.74 Å². The second kappa shape index (κ2) is 7.28. The van der Waals surface area contributed by atoms with Gasteiger partial charge in [-0.3, -0.25) is 0 Å². The van der Waals surface area contributed by atoms with Gasteiger partial charge in [-0.25, -0.2) is 4.79 Å². The predicted molar refractivity (Wildman–Crippen MR) is 102 cm³/mol. The number of rotatable bonds is 1. The summed E-state index contributed by atoms with van der Waals surface area (Å²) in [5.41, 5.74) is 2.32. The van der Waals surface area contributed by atoms with Crippen LogP contribution in [0.4, 0.5) is 4.79 Å². The molecule has 0 bridgehead atoms. The molecule has 2 aromatic carbocycles. The highest BCUT2D eigenvalue weighted by molar-refractivity contribution is 5.78. The van der Waals surface area contributed by atoms with Crippen molar-refractivity contribution in [3.63, 3.8) is 0 Å². The summed E-state index contributed by atoms with van der Waals surface area (Å²) in [6, 6.07) is 21.1. The molecule has 0 saturated heterocycles. The highest BCUT2D eigenvalue weighted by Crippen LogP contribution is 2.21. The number of hydrogen-bond donors (Lipinski definition) is 0. The van der Waals surface area contributed by atoms with Crippen molar-refractivity contribution in [2.75, 3.05) is 0 Å². The maximum atomic E-state index is 12.6. The van der Waals surface area contributed by atoms with Crippen LogP contribution in [-0.2, 0) is 4.74 Å². The Hall–Kier alpha value is -3.32. The molecule has 3 aromatic rings. The van der Waals surface area contributed by atoms with E-state index < -0.39 is 11.7 Å². The maximum Gasteiger partial charge on any atom is 0.435 e. The van der Waals surface area contributed by atoms with Crippen molar-refractivity contribution in [3.05, 3.63) is 78.0 Å². The molecule has 4 heteroatoms. The van der Waals surface area contributed by atoms with E-state index in [9.17, 15) is 4.79 Å². The SMILES string of the molecule is CC(C)(C)OC(=O)n1nc(C#Cc2ccccc2)cc1-c1ccccc1. The van der Waals surface area contributed by atoms with Crippen molar-refractivity contribution < 1.29 is 9.53 Å². The first-order valence-electron chi connectivity index (χ1n) is 8.38. The Labute approximate surface area is 153 Å². The Morgan fingerprint density at radius 1 is 0.962 bits per heavy atom. The highest BCUT2D eigenvalue weighted by atomic mass is 16.6. The minimum atomic E-state index is -0.604. The van der Waals surface area contributed by atoms with Gasteiger partial charge in [0, 0.05) is 17.2 Å². The molecule has 130 valence electrons. The summed E-state index contributed by atoms with van der Waals surface area (Å²) in [4.78, 5) is 12.6. The molecule has 0 fully saturated rings. The van der Waals surface area contributed by atoms with Gasteiger partial charge in [0.2, 0.25) is 0 Å². The second-order valence-corrected chi connectivity index (χ2v) is 6.79. The molecule has 0 atom stereocenters. The third-order valence-corrected chi connectivity index (χ3v) is 3.45. The van der Waals surface area contributed by atoms with Crippen molar-refractivity contribution in [1.29, 1.82) is 0 Å². The summed E-state index contributed by atoms with van der Waals surface area (Å²) < 4.78 is 6.75. The Bertz CT molecular complexity index is 956. The quantitative estimate of drug-likeness (QED) is 0.599. The van der Waals surface area contributed by atoms with Crippen LogP contribution in [0.25, 0.3) is 11.3 Å². The summed E-state index contributed by atoms with van der Waals surface area (Å²) in [6.07, 6.45) is -0.524. The lowest BCUT2D eigenvalue weighted by molar-refractivity contribution is 0.0517. The van der Waals surface area contributed by atoms with E-state index in [2.05, 4.69) is 16.9 Å². The summed E-state index contributed by atoms with van der Waals surface area (Å²) in [6.45, 7) is 5.48. The molecule has 1 aromatic heterocycles. The fourth-order valence-electron chi connectivity index (χ4n) is 2.36. The lowest BCUT2D eigenvalue weighted by Crippen LogP contribution is -2.28. The van der Waals surface area contributed by atoms with Gasteiger partial charge in [-0.1, -0.05) is 54.5 Å². The second-order valence-electron chi connectivity index (χ2n) is 6.79. The van der Waals surface area contributed by atoms with Gasteiger partial charge in [0.25, 0.3) is 0 Å². The third-order valence-electron chi connectivity index (χ3n) is 3.45. The number of hydrogen-bond acceptors (Lipinski definition) is 3. The van der Waals surface area contributed by atoms with Gasteiger partial charge in [0.15, 0.2) is 0 Å². The smallest absolute Gasteiger partial charge is 0.435 e. The summed E-state index contributed by atoms with van der Waals surface area (Å²) in [5.74, 6) is 6.08. The molecule has 0 N–H and O–H groups in total. The van der Waals surface area contributed by atoms with Gasteiger partial charge in [-0.05, 0) is 38.8 Å². The first-order chi connectivity index (χ1) is 12.4. The van der Waals surface area contributed by atoms with Crippen LogP contribution >= 0.6 is 0 Å². The average molecular weight is 344 g/mol. The first kappa shape index (κ1) is 17.5. The normalized spacial score (nSPS) is 10.7. The highest BCUT2D eigenvalue weighted by Gasteiger charge is 2.22. The van der Waals surface area contributed by atoms with E-state index >= 15 is 0 Å². The molecule has 0 amide bonds. The topological polar surface area (TPSA) is 44.1 Å². The van der Waals surface area contributed by atoms with E-state index in [1.807, 2.05) is 81.4 Å². The third kappa shape index (κ3) is 4.40. The number of benzene rings is 2. The predicted octanol–water partition coefficient (Wildman–Crippen LogP) is 4.73. The molecule has 0 aliphatic rings. The summed E-state index contributed by atoms with van der Waals surface area (Å²) >= 11 is 0. The zero-order valence-corrected chi connectivity index (χ0v) is 15.1. The van der Waals surface area contributed by atoms with Crippen LogP contribution in [0.5, 0.6) is 0 Å². The fourth-order valence-corrected chi connectivity index (χ4v) is 2.36. The minimum absolute atomic E-state index is 0.513. The Balaban J connectivity index is 2.01. The van der Waals surface area contributed by atoms with Crippen molar-refractivity contribution in [2.45, 2.75) is 26.4 Å². The van der Waals surface area contributed by atoms with E-state index in [0.717, 1.165) is 11.1 Å². The molecule has 0 spiro atoms. The van der Waals surface area contributed by atoms with Crippen LogP contribution in [0.3, 0.4) is 0 Å². The Morgan fingerprint density at radius 2 is 1.58 bits per heavy atom. The number of carbonyl (C=O) groups is 1. The van der Waals surface area contributed by atoms with Crippen molar-refractivity contribution in [3.8, 4) is 23.1 Å². The average Bonchev–Trinajstić information content (AvgIpc) is 3.05. The van der Waals surface area contributed by atoms with Crippen LogP contribution in [0, 0.1) is 11.8 Å². The molecular formula is C22H20N2O2. The van der Waals surface area contributed by atoms with E-state index in [1.54, 1.807) is 6.07 Å². The molecule has 3 rings (SSSR count). The van der Waals surface area contributed by atoms with Crippen LogP contribution < -0.4 is 0 Å². The van der Waals surface area contributed by atoms with E-state index in [0.29, 0.717) is 11.4 Å². The molecule has 0 aliphatic carbocycles. The van der Waals surface area contributed by atoms with Crippen molar-refractivity contribution >= 4 is 6.09 Å². The molecule has 4 nitrogen and oxygen atoms in total. The number of aromatic nitrogens is 2. The van der Waals surface area contributed by atoms with Gasteiger partial charge < -0.3 is 4.74 Å². The van der Waals surface area contributed by atoms with Crippen molar-refractivity contribution in [2.24, 2.45) is 0 Å². The zero-order valence-electron chi connectivity index (χ0n) is 15.1. The molecule has 0 aliphatic heterocycles. The Morgan fingerprint density at radius 3 is 2.19 bits per heavy atom. The monoisotopic (exact) mass is 344 g/mol. The standard InChI is InChI=1S/C22H20N2O2/c1-22(2,3)26-21(25)24-20(18-12-8-5-9-13-18)16-19(23-24)15-14-17-10-6-4-7-11-17/h4-13,16H,1-3H3. The molecule has 0 unspecified atom stereocenters. The van der Waals surface area contributed by atoms with Gasteiger partial charge >= 0.3 is 6.09 Å². The maximum absolute atomic E-state index is 12.6. The van der Waals surface area contributed by atoms with Crippen LogP contribution in [0.2, 0.25) is 0 Å². The van der Waals surface area contributed by atoms with Gasteiger partial charge in [0.1, 0.15) is 11.3 Å². The molecule has 0 saturated carbocycles. The number of carbonyl (C=O) groups excluding carboxylic acids is 1. The molecular weight excluding hydrogens is 324 g/mol. The number of nitrogens with zero attached hydrogens (tertiary/aromatic N) is 2. The Kier molecular flexibility index (Phi) is 4.90. The summed E-state index contributed by atoms with van der Waals surface area (Å²) in [7, 11) is 0. The molecule has 1 heterocycles. The van der Waals surface area contributed by atoms with Crippen LogP contribution in [0.1, 0.15) is 32.0 Å². The van der Waals surface area contributed by atoms with Gasteiger partial charge in [0.05, 0.1) is 5.69 Å². The lowest BCUT2D eigenvalue weighted by Gasteiger charge is -2.19. The van der Waals surface area contributed by atoms with E-state index in [-0.39, 0.29) is 0 Å². The van der Waals surface area contributed by atoms with Gasteiger partial charge in [-0.2, -0.15) is 9.78 Å². The van der Waals surface area contributed by atoms with Crippen LogP contribution in [0.15, 0.2) is 66.7 Å². The first-order valence-corrected chi connectivity index (χ1v) is 8.38. The van der Waals surface area contributed by atoms with E-state index in [1.165, 1.54) is 4.68 Å². The van der Waals surface area contributed by atoms with Crippen LogP contribution in [-0.4, -0.2) is 21.5 Å². The largest absolute Gasteiger partial charge is 0.442 e. The molecule has 0 radical (unpaired) electrons. The fraction of sp³-hybridized carbons (Fsp3) is 0.182. The zero-order chi connectivity index (χ0) is 18.6. The minimum Gasteiger partial charge on any atom is -0.442 e.